The summed E-state index contributed by atoms with van der Waals surface area (Å²) in [6.07, 6.45) is 0. The Hall–Kier alpha value is -2.73. The standard InChI is InChI=1S/C17H11ClFNO4/c1-24-17(23)9-5-6-10-14(7-9)20(16(22)15(10)21)8-11-12(18)3-2-4-13(11)19/h2-7H,8H2,1H3. The summed E-state index contributed by atoms with van der Waals surface area (Å²) < 4.78 is 18.6. The molecular weight excluding hydrogens is 337 g/mol. The van der Waals surface area contributed by atoms with Crippen molar-refractivity contribution in [2.45, 2.75) is 6.54 Å². The maximum Gasteiger partial charge on any atom is 0.337 e. The summed E-state index contributed by atoms with van der Waals surface area (Å²) in [4.78, 5) is 37.1. The Labute approximate surface area is 141 Å². The van der Waals surface area contributed by atoms with Crippen LogP contribution in [0.25, 0.3) is 0 Å². The molecule has 0 radical (unpaired) electrons. The lowest BCUT2D eigenvalue weighted by atomic mass is 10.1. The van der Waals surface area contributed by atoms with Gasteiger partial charge in [0.25, 0.3) is 11.7 Å². The van der Waals surface area contributed by atoms with E-state index in [4.69, 9.17) is 11.6 Å². The van der Waals surface area contributed by atoms with Crippen molar-refractivity contribution >= 4 is 34.9 Å². The maximum absolute atomic E-state index is 14.0. The van der Waals surface area contributed by atoms with Crippen LogP contribution in [0.15, 0.2) is 36.4 Å². The molecule has 0 fully saturated rings. The highest BCUT2D eigenvalue weighted by atomic mass is 35.5. The number of anilines is 1. The molecule has 0 aliphatic carbocycles. The van der Waals surface area contributed by atoms with Gasteiger partial charge in [-0.3, -0.25) is 9.59 Å². The summed E-state index contributed by atoms with van der Waals surface area (Å²) >= 11 is 5.99. The van der Waals surface area contributed by atoms with Crippen LogP contribution >= 0.6 is 11.6 Å². The third-order valence-electron chi connectivity index (χ3n) is 3.77. The van der Waals surface area contributed by atoms with E-state index in [1.165, 1.54) is 43.5 Å². The van der Waals surface area contributed by atoms with Crippen molar-refractivity contribution in [1.29, 1.82) is 0 Å². The smallest absolute Gasteiger partial charge is 0.337 e. The Kier molecular flexibility index (Phi) is 4.07. The van der Waals surface area contributed by atoms with Crippen LogP contribution < -0.4 is 4.90 Å². The first-order valence-corrected chi connectivity index (χ1v) is 7.33. The minimum atomic E-state index is -0.800. The summed E-state index contributed by atoms with van der Waals surface area (Å²) in [6.45, 7) is -0.215. The molecule has 0 atom stereocenters. The molecule has 1 amide bonds. The van der Waals surface area contributed by atoms with Crippen molar-refractivity contribution in [3.8, 4) is 0 Å². The lowest BCUT2D eigenvalue weighted by Crippen LogP contribution is -2.29. The zero-order chi connectivity index (χ0) is 17.4. The quantitative estimate of drug-likeness (QED) is 0.632. The number of carbonyl (C=O) groups excluding carboxylic acids is 3. The first-order chi connectivity index (χ1) is 11.4. The fourth-order valence-corrected chi connectivity index (χ4v) is 2.76. The van der Waals surface area contributed by atoms with Crippen LogP contribution in [-0.2, 0) is 16.1 Å². The maximum atomic E-state index is 14.0. The molecule has 0 N–H and O–H groups in total. The van der Waals surface area contributed by atoms with Crippen LogP contribution in [0.2, 0.25) is 5.02 Å². The monoisotopic (exact) mass is 347 g/mol. The molecule has 1 heterocycles. The van der Waals surface area contributed by atoms with E-state index in [-0.39, 0.29) is 33.9 Å². The highest BCUT2D eigenvalue weighted by Crippen LogP contribution is 2.33. The Morgan fingerprint density at radius 3 is 2.67 bits per heavy atom. The second kappa shape index (κ2) is 6.05. The van der Waals surface area contributed by atoms with Gasteiger partial charge in [0.05, 0.1) is 30.5 Å². The van der Waals surface area contributed by atoms with Crippen molar-refractivity contribution < 1.29 is 23.5 Å². The summed E-state index contributed by atoms with van der Waals surface area (Å²) in [7, 11) is 1.22. The van der Waals surface area contributed by atoms with Gasteiger partial charge in [0.1, 0.15) is 5.82 Å². The highest BCUT2D eigenvalue weighted by Gasteiger charge is 2.37. The molecule has 2 aromatic carbocycles. The zero-order valence-electron chi connectivity index (χ0n) is 12.5. The fraction of sp³-hybridized carbons (Fsp3) is 0.118. The zero-order valence-corrected chi connectivity index (χ0v) is 13.3. The number of benzene rings is 2. The largest absolute Gasteiger partial charge is 0.465 e. The number of Topliss-reactive ketones (excluding diaryl/α,β-unsaturated/α-hetero) is 1. The average Bonchev–Trinajstić information content (AvgIpc) is 2.81. The first-order valence-electron chi connectivity index (χ1n) is 6.95. The molecule has 0 bridgehead atoms. The molecule has 0 saturated carbocycles. The van der Waals surface area contributed by atoms with Gasteiger partial charge in [0.15, 0.2) is 0 Å². The predicted molar refractivity (Wildman–Crippen MR) is 84.7 cm³/mol. The lowest BCUT2D eigenvalue weighted by molar-refractivity contribution is -0.114. The second-order valence-electron chi connectivity index (χ2n) is 5.14. The van der Waals surface area contributed by atoms with E-state index in [1.807, 2.05) is 0 Å². The van der Waals surface area contributed by atoms with E-state index in [2.05, 4.69) is 4.74 Å². The molecule has 0 saturated heterocycles. The molecule has 7 heteroatoms. The van der Waals surface area contributed by atoms with Gasteiger partial charge in [0, 0.05) is 10.6 Å². The van der Waals surface area contributed by atoms with Crippen LogP contribution in [0.5, 0.6) is 0 Å². The van der Waals surface area contributed by atoms with Crippen molar-refractivity contribution in [3.05, 3.63) is 63.9 Å². The van der Waals surface area contributed by atoms with Crippen LogP contribution in [0, 0.1) is 5.82 Å². The number of halogens is 2. The molecule has 24 heavy (non-hydrogen) atoms. The van der Waals surface area contributed by atoms with E-state index < -0.39 is 23.5 Å². The molecule has 122 valence electrons. The number of hydrogen-bond donors (Lipinski definition) is 0. The van der Waals surface area contributed by atoms with Crippen LogP contribution in [0.4, 0.5) is 10.1 Å². The molecule has 0 aromatic heterocycles. The van der Waals surface area contributed by atoms with Crippen LogP contribution in [0.1, 0.15) is 26.3 Å². The van der Waals surface area contributed by atoms with E-state index in [9.17, 15) is 18.8 Å². The van der Waals surface area contributed by atoms with Crippen LogP contribution in [0.3, 0.4) is 0 Å². The number of ketones is 1. The van der Waals surface area contributed by atoms with Gasteiger partial charge >= 0.3 is 5.97 Å². The van der Waals surface area contributed by atoms with Crippen molar-refractivity contribution in [3.63, 3.8) is 0 Å². The van der Waals surface area contributed by atoms with E-state index in [0.29, 0.717) is 0 Å². The van der Waals surface area contributed by atoms with E-state index >= 15 is 0 Å². The summed E-state index contributed by atoms with van der Waals surface area (Å²) in [5.41, 5.74) is 0.660. The molecule has 5 nitrogen and oxygen atoms in total. The van der Waals surface area contributed by atoms with Gasteiger partial charge in [-0.2, -0.15) is 0 Å². The van der Waals surface area contributed by atoms with E-state index in [0.717, 1.165) is 4.90 Å². The normalized spacial score (nSPS) is 13.2. The number of carbonyl (C=O) groups is 3. The third-order valence-corrected chi connectivity index (χ3v) is 4.13. The number of hydrogen-bond acceptors (Lipinski definition) is 4. The topological polar surface area (TPSA) is 63.7 Å². The lowest BCUT2D eigenvalue weighted by Gasteiger charge is -2.18. The SMILES string of the molecule is COC(=O)c1ccc2c(c1)N(Cc1c(F)cccc1Cl)C(=O)C2=O. The number of fused-ring (bicyclic) bond motifs is 1. The van der Waals surface area contributed by atoms with Gasteiger partial charge in [0.2, 0.25) is 0 Å². The van der Waals surface area contributed by atoms with Gasteiger partial charge in [-0.05, 0) is 30.3 Å². The number of nitrogens with zero attached hydrogens (tertiary/aromatic N) is 1. The summed E-state index contributed by atoms with van der Waals surface area (Å²) in [6, 6.07) is 8.31. The summed E-state index contributed by atoms with van der Waals surface area (Å²) in [5.74, 6) is -2.70. The molecule has 0 spiro atoms. The van der Waals surface area contributed by atoms with Gasteiger partial charge in [-0.25, -0.2) is 9.18 Å². The molecule has 1 aliphatic heterocycles. The molecule has 1 aliphatic rings. The highest BCUT2D eigenvalue weighted by molar-refractivity contribution is 6.52. The van der Waals surface area contributed by atoms with Crippen molar-refractivity contribution in [2.24, 2.45) is 0 Å². The molecular formula is C17H11ClFNO4. The summed E-state index contributed by atoms with van der Waals surface area (Å²) in [5, 5.41) is 0.146. The third kappa shape index (κ3) is 2.55. The Morgan fingerprint density at radius 2 is 2.00 bits per heavy atom. The molecule has 0 unspecified atom stereocenters. The molecule has 3 rings (SSSR count). The minimum absolute atomic E-state index is 0.0941. The average molecular weight is 348 g/mol. The van der Waals surface area contributed by atoms with E-state index in [1.54, 1.807) is 0 Å². The Bertz CT molecular complexity index is 861. The van der Waals surface area contributed by atoms with Gasteiger partial charge in [-0.15, -0.1) is 0 Å². The predicted octanol–water partition coefficient (Wildman–Crippen LogP) is 3.00. The molecule has 2 aromatic rings. The fourth-order valence-electron chi connectivity index (χ4n) is 2.54. The Balaban J connectivity index is 2.06. The number of esters is 1. The Morgan fingerprint density at radius 1 is 1.25 bits per heavy atom. The number of rotatable bonds is 3. The first kappa shape index (κ1) is 16.1. The minimum Gasteiger partial charge on any atom is -0.465 e. The van der Waals surface area contributed by atoms with Crippen molar-refractivity contribution in [2.75, 3.05) is 12.0 Å². The van der Waals surface area contributed by atoms with Gasteiger partial charge < -0.3 is 9.64 Å². The number of methoxy groups -OCH3 is 1. The van der Waals surface area contributed by atoms with Crippen molar-refractivity contribution in [1.82, 2.24) is 0 Å². The second-order valence-corrected chi connectivity index (χ2v) is 5.55. The van der Waals surface area contributed by atoms with Gasteiger partial charge in [-0.1, -0.05) is 17.7 Å². The number of amides is 1. The van der Waals surface area contributed by atoms with Crippen LogP contribution in [-0.4, -0.2) is 24.8 Å². The number of ether oxygens (including phenoxy) is 1.